The minimum atomic E-state index is -1.18. The van der Waals surface area contributed by atoms with Crippen LogP contribution < -0.4 is 0 Å². The van der Waals surface area contributed by atoms with Gasteiger partial charge in [-0.15, -0.1) is 0 Å². The first-order chi connectivity index (χ1) is 9.64. The molecule has 0 spiro atoms. The number of carboxylic acid groups (broad SMARTS) is 1. The molecular weight excluding hydrogens is 252 g/mol. The third-order valence-corrected chi connectivity index (χ3v) is 3.75. The van der Waals surface area contributed by atoms with E-state index in [0.29, 0.717) is 0 Å². The van der Waals surface area contributed by atoms with Crippen LogP contribution in [0.25, 0.3) is 10.8 Å². The molecule has 1 atom stereocenters. The van der Waals surface area contributed by atoms with Gasteiger partial charge in [0.1, 0.15) is 0 Å². The lowest BCUT2D eigenvalue weighted by molar-refractivity contribution is -0.144. The van der Waals surface area contributed by atoms with E-state index in [1.165, 1.54) is 6.33 Å². The number of carbonyl (C=O) groups is 1. The van der Waals surface area contributed by atoms with Crippen molar-refractivity contribution in [1.82, 2.24) is 9.55 Å². The second-order valence-electron chi connectivity index (χ2n) is 4.87. The van der Waals surface area contributed by atoms with Crippen LogP contribution >= 0.6 is 0 Å². The van der Waals surface area contributed by atoms with E-state index in [2.05, 4.69) is 4.98 Å². The fraction of sp³-hybridized carbons (Fsp3) is 0.125. The van der Waals surface area contributed by atoms with Crippen molar-refractivity contribution in [3.8, 4) is 0 Å². The monoisotopic (exact) mass is 266 g/mol. The molecule has 1 N–H and O–H groups in total. The third-order valence-electron chi connectivity index (χ3n) is 3.75. The molecule has 2 aromatic carbocycles. The Morgan fingerprint density at radius 2 is 1.95 bits per heavy atom. The van der Waals surface area contributed by atoms with Crippen molar-refractivity contribution in [2.45, 2.75) is 12.5 Å². The van der Waals surface area contributed by atoms with Gasteiger partial charge in [-0.05, 0) is 23.3 Å². The van der Waals surface area contributed by atoms with Gasteiger partial charge in [-0.2, -0.15) is 0 Å². The molecule has 20 heavy (non-hydrogen) atoms. The Morgan fingerprint density at radius 3 is 2.65 bits per heavy atom. The molecule has 0 aliphatic carbocycles. The van der Waals surface area contributed by atoms with E-state index in [1.54, 1.807) is 23.9 Å². The maximum atomic E-state index is 11.9. The van der Waals surface area contributed by atoms with Crippen molar-refractivity contribution < 1.29 is 9.90 Å². The summed E-state index contributed by atoms with van der Waals surface area (Å²) in [6, 6.07) is 13.5. The lowest BCUT2D eigenvalue weighted by Crippen LogP contribution is -2.39. The standard InChI is InChI=1S/C16H14N2O2/c1-16(15(19)20,18-10-9-17-11-18)14-8-4-6-12-5-2-3-7-13(12)14/h2-11H,1H3,(H,19,20). The molecule has 1 unspecified atom stereocenters. The van der Waals surface area contributed by atoms with Crippen molar-refractivity contribution in [2.75, 3.05) is 0 Å². The lowest BCUT2D eigenvalue weighted by Gasteiger charge is -2.28. The Balaban J connectivity index is 2.34. The van der Waals surface area contributed by atoms with E-state index >= 15 is 0 Å². The van der Waals surface area contributed by atoms with Crippen LogP contribution in [0.3, 0.4) is 0 Å². The van der Waals surface area contributed by atoms with Crippen LogP contribution in [0.15, 0.2) is 61.2 Å². The number of hydrogen-bond donors (Lipinski definition) is 1. The van der Waals surface area contributed by atoms with Gasteiger partial charge in [0.05, 0.1) is 6.33 Å². The van der Waals surface area contributed by atoms with Crippen LogP contribution in [0.5, 0.6) is 0 Å². The molecule has 4 nitrogen and oxygen atoms in total. The molecule has 1 aromatic heterocycles. The van der Waals surface area contributed by atoms with Crippen molar-refractivity contribution in [3.05, 3.63) is 66.7 Å². The van der Waals surface area contributed by atoms with E-state index in [1.807, 2.05) is 42.5 Å². The Hall–Kier alpha value is -2.62. The first-order valence-corrected chi connectivity index (χ1v) is 6.34. The number of hydrogen-bond acceptors (Lipinski definition) is 2. The number of fused-ring (bicyclic) bond motifs is 1. The maximum Gasteiger partial charge on any atom is 0.334 e. The van der Waals surface area contributed by atoms with Crippen LogP contribution in [0.4, 0.5) is 0 Å². The van der Waals surface area contributed by atoms with Gasteiger partial charge in [0.25, 0.3) is 0 Å². The first kappa shape index (κ1) is 12.4. The van der Waals surface area contributed by atoms with Gasteiger partial charge in [-0.3, -0.25) is 0 Å². The van der Waals surface area contributed by atoms with Crippen LogP contribution in [0.2, 0.25) is 0 Å². The summed E-state index contributed by atoms with van der Waals surface area (Å²) in [5.41, 5.74) is -0.432. The second kappa shape index (κ2) is 4.49. The van der Waals surface area contributed by atoms with Crippen molar-refractivity contribution in [3.63, 3.8) is 0 Å². The zero-order chi connectivity index (χ0) is 14.2. The number of aliphatic carboxylic acids is 1. The fourth-order valence-electron chi connectivity index (χ4n) is 2.54. The van der Waals surface area contributed by atoms with Gasteiger partial charge < -0.3 is 9.67 Å². The zero-order valence-corrected chi connectivity index (χ0v) is 11.0. The highest BCUT2D eigenvalue weighted by Crippen LogP contribution is 2.32. The Morgan fingerprint density at radius 1 is 1.20 bits per heavy atom. The SMILES string of the molecule is CC(C(=O)O)(c1cccc2ccccc12)n1ccnc1. The quantitative estimate of drug-likeness (QED) is 0.793. The third kappa shape index (κ3) is 1.69. The fourth-order valence-corrected chi connectivity index (χ4v) is 2.54. The van der Waals surface area contributed by atoms with E-state index in [-0.39, 0.29) is 0 Å². The summed E-state index contributed by atoms with van der Waals surface area (Å²) in [7, 11) is 0. The molecule has 0 saturated carbocycles. The first-order valence-electron chi connectivity index (χ1n) is 6.34. The summed E-state index contributed by atoms with van der Waals surface area (Å²) in [6.07, 6.45) is 4.80. The molecule has 0 aliphatic rings. The average molecular weight is 266 g/mol. The van der Waals surface area contributed by atoms with E-state index in [0.717, 1.165) is 16.3 Å². The molecule has 0 amide bonds. The Kier molecular flexibility index (Phi) is 2.79. The number of nitrogens with zero attached hydrogens (tertiary/aromatic N) is 2. The van der Waals surface area contributed by atoms with E-state index < -0.39 is 11.5 Å². The largest absolute Gasteiger partial charge is 0.479 e. The number of aromatic nitrogens is 2. The molecule has 0 radical (unpaired) electrons. The summed E-state index contributed by atoms with van der Waals surface area (Å²) in [5.74, 6) is -0.910. The average Bonchev–Trinajstić information content (AvgIpc) is 3.00. The molecule has 100 valence electrons. The summed E-state index contributed by atoms with van der Waals surface area (Å²) in [4.78, 5) is 15.9. The Bertz CT molecular complexity index is 760. The number of imidazole rings is 1. The predicted molar refractivity (Wildman–Crippen MR) is 76.6 cm³/mol. The Labute approximate surface area is 116 Å². The molecule has 4 heteroatoms. The molecule has 0 bridgehead atoms. The molecule has 0 fully saturated rings. The topological polar surface area (TPSA) is 55.1 Å². The molecule has 3 aromatic rings. The normalized spacial score (nSPS) is 14.1. The highest BCUT2D eigenvalue weighted by Gasteiger charge is 2.38. The molecule has 0 saturated heterocycles. The number of benzene rings is 2. The highest BCUT2D eigenvalue weighted by atomic mass is 16.4. The minimum Gasteiger partial charge on any atom is -0.479 e. The lowest BCUT2D eigenvalue weighted by atomic mass is 9.87. The molecule has 3 rings (SSSR count). The van der Waals surface area contributed by atoms with Gasteiger partial charge in [-0.25, -0.2) is 9.78 Å². The van der Waals surface area contributed by atoms with Gasteiger partial charge >= 0.3 is 5.97 Å². The molecule has 1 heterocycles. The van der Waals surface area contributed by atoms with Crippen LogP contribution in [-0.2, 0) is 10.3 Å². The van der Waals surface area contributed by atoms with Gasteiger partial charge in [0.2, 0.25) is 0 Å². The maximum absolute atomic E-state index is 11.9. The van der Waals surface area contributed by atoms with Crippen molar-refractivity contribution >= 4 is 16.7 Å². The van der Waals surface area contributed by atoms with Crippen molar-refractivity contribution in [2.24, 2.45) is 0 Å². The molecule has 0 aliphatic heterocycles. The highest BCUT2D eigenvalue weighted by molar-refractivity contribution is 5.92. The van der Waals surface area contributed by atoms with Crippen LogP contribution in [0, 0.1) is 0 Å². The van der Waals surface area contributed by atoms with Crippen LogP contribution in [-0.4, -0.2) is 20.6 Å². The minimum absolute atomic E-state index is 0.751. The zero-order valence-electron chi connectivity index (χ0n) is 11.0. The smallest absolute Gasteiger partial charge is 0.334 e. The summed E-state index contributed by atoms with van der Waals surface area (Å²) in [6.45, 7) is 1.69. The summed E-state index contributed by atoms with van der Waals surface area (Å²) in [5, 5.41) is 11.7. The van der Waals surface area contributed by atoms with E-state index in [9.17, 15) is 9.90 Å². The van der Waals surface area contributed by atoms with Gasteiger partial charge in [0, 0.05) is 12.4 Å². The van der Waals surface area contributed by atoms with Crippen LogP contribution in [0.1, 0.15) is 12.5 Å². The van der Waals surface area contributed by atoms with Gasteiger partial charge in [0.15, 0.2) is 5.54 Å². The number of carboxylic acids is 1. The predicted octanol–water partition coefficient (Wildman–Crippen LogP) is 2.88. The van der Waals surface area contributed by atoms with Gasteiger partial charge in [-0.1, -0.05) is 42.5 Å². The second-order valence-corrected chi connectivity index (χ2v) is 4.87. The molecular formula is C16H14N2O2. The van der Waals surface area contributed by atoms with Crippen molar-refractivity contribution in [1.29, 1.82) is 0 Å². The number of rotatable bonds is 3. The summed E-state index contributed by atoms with van der Waals surface area (Å²) < 4.78 is 1.62. The van der Waals surface area contributed by atoms with E-state index in [4.69, 9.17) is 0 Å². The summed E-state index contributed by atoms with van der Waals surface area (Å²) >= 11 is 0.